The molecule has 22 heteroatoms. The number of phosphoric ester groups is 1. The summed E-state index contributed by atoms with van der Waals surface area (Å²) in [4.78, 5) is 47.5. The number of anilines is 1. The fourth-order valence-electron chi connectivity index (χ4n) is 3.12. The number of aliphatic hydroxyl groups excluding tert-OH is 1. The molecule has 0 bridgehead atoms. The first kappa shape index (κ1) is 27.7. The molecule has 0 radical (unpaired) electrons. The van der Waals surface area contributed by atoms with Crippen molar-refractivity contribution in [1.82, 2.24) is 19.5 Å². The zero-order valence-corrected chi connectivity index (χ0v) is 19.6. The molecule has 6 atom stereocenters. The number of halogens is 1. The zero-order chi connectivity index (χ0) is 26.4. The second-order valence-corrected chi connectivity index (χ2v) is 11.4. The Labute approximate surface area is 193 Å². The number of hydrogen-bond acceptors (Lipinski definition) is 13. The van der Waals surface area contributed by atoms with Crippen molar-refractivity contribution in [3.05, 3.63) is 12.7 Å². The normalized spacial score (nSPS) is 30.6. The van der Waals surface area contributed by atoms with Gasteiger partial charge in [-0.05, 0) is 0 Å². The maximum absolute atomic E-state index is 14.2. The number of aliphatic hydroxyl groups is 2. The van der Waals surface area contributed by atoms with E-state index in [1.165, 1.54) is 0 Å². The smallest absolute Gasteiger partial charge is 0.386 e. The SMILES string of the molecule is C#C[C@@]1(O)[C@H](O)[C@@](CF)(COP(=O)(O)OP(=O)(O)OP(=O)(O)O)O[C@H]1n1cnc2c(N)ncnc21. The van der Waals surface area contributed by atoms with Gasteiger partial charge < -0.3 is 40.3 Å². The molecule has 2 unspecified atom stereocenters. The van der Waals surface area contributed by atoms with E-state index in [1.54, 1.807) is 0 Å². The summed E-state index contributed by atoms with van der Waals surface area (Å²) in [7, 11) is -17.3. The Balaban J connectivity index is 1.91. The van der Waals surface area contributed by atoms with E-state index < -0.39 is 60.3 Å². The molecule has 1 saturated heterocycles. The van der Waals surface area contributed by atoms with Gasteiger partial charge in [0.25, 0.3) is 0 Å². The first-order valence-corrected chi connectivity index (χ1v) is 13.3. The van der Waals surface area contributed by atoms with Crippen LogP contribution >= 0.6 is 23.5 Å². The molecule has 2 aromatic rings. The van der Waals surface area contributed by atoms with Crippen LogP contribution < -0.4 is 5.73 Å². The molecule has 3 rings (SSSR count). The van der Waals surface area contributed by atoms with Gasteiger partial charge in [0.15, 0.2) is 28.9 Å². The summed E-state index contributed by atoms with van der Waals surface area (Å²) in [6, 6.07) is 0. The summed E-state index contributed by atoms with van der Waals surface area (Å²) < 4.78 is 66.2. The maximum Gasteiger partial charge on any atom is 0.490 e. The average Bonchev–Trinajstić information content (AvgIpc) is 3.24. The molecule has 1 fully saturated rings. The summed E-state index contributed by atoms with van der Waals surface area (Å²) in [6.45, 7) is -3.16. The standard InChI is InChI=1S/C13H17FN5O13P3/c1-2-13(21)10(20)12(3-14,4-29-34(25,26)32-35(27,28)31-33(22,23)24)30-11(13)19-6-18-7-8(15)16-5-17-9(7)19/h1,5-6,10-11,20-21H,3-4H2,(H,25,26)(H,27,28)(H2,15,16,17)(H2,22,23,24)/t10-,11-,12-,13-/m1/s1. The van der Waals surface area contributed by atoms with Crippen LogP contribution in [0.1, 0.15) is 6.23 Å². The van der Waals surface area contributed by atoms with Crippen molar-refractivity contribution < 1.29 is 65.8 Å². The van der Waals surface area contributed by atoms with E-state index in [0.29, 0.717) is 0 Å². The van der Waals surface area contributed by atoms with E-state index in [4.69, 9.17) is 26.7 Å². The van der Waals surface area contributed by atoms with E-state index in [9.17, 15) is 38.1 Å². The van der Waals surface area contributed by atoms with E-state index >= 15 is 0 Å². The first-order valence-electron chi connectivity index (χ1n) is 8.82. The third-order valence-corrected chi connectivity index (χ3v) is 8.41. The minimum Gasteiger partial charge on any atom is -0.386 e. The molecule has 0 saturated carbocycles. The van der Waals surface area contributed by atoms with Crippen LogP contribution in [0.25, 0.3) is 11.2 Å². The van der Waals surface area contributed by atoms with E-state index in [0.717, 1.165) is 17.2 Å². The van der Waals surface area contributed by atoms with Crippen LogP contribution in [0.2, 0.25) is 0 Å². The van der Waals surface area contributed by atoms with Crippen LogP contribution in [-0.4, -0.2) is 79.9 Å². The van der Waals surface area contributed by atoms with Crippen LogP contribution in [0.4, 0.5) is 10.2 Å². The minimum atomic E-state index is -5.88. The number of nitrogens with two attached hydrogens (primary N) is 1. The number of imidazole rings is 1. The highest BCUT2D eigenvalue weighted by molar-refractivity contribution is 7.66. The molecular weight excluding hydrogens is 546 g/mol. The molecule has 1 aliphatic rings. The second kappa shape index (κ2) is 9.21. The number of fused-ring (bicyclic) bond motifs is 1. The summed E-state index contributed by atoms with van der Waals surface area (Å²) in [6.07, 6.45) is 3.19. The molecule has 0 spiro atoms. The molecule has 35 heavy (non-hydrogen) atoms. The lowest BCUT2D eigenvalue weighted by atomic mass is 9.87. The summed E-state index contributed by atoms with van der Waals surface area (Å²) in [5.74, 6) is 1.76. The number of nitrogen functional groups attached to an aromatic ring is 1. The fraction of sp³-hybridized carbons (Fsp3) is 0.462. The number of phosphoric acid groups is 3. The van der Waals surface area contributed by atoms with Gasteiger partial charge in [0.05, 0.1) is 12.9 Å². The van der Waals surface area contributed by atoms with Crippen molar-refractivity contribution in [3.8, 4) is 12.3 Å². The third kappa shape index (κ3) is 5.45. The van der Waals surface area contributed by atoms with Crippen LogP contribution in [0.5, 0.6) is 0 Å². The largest absolute Gasteiger partial charge is 0.490 e. The number of rotatable bonds is 9. The topological polar surface area (TPSA) is 279 Å². The van der Waals surface area contributed by atoms with Gasteiger partial charge in [-0.3, -0.25) is 9.09 Å². The Morgan fingerprint density at radius 3 is 2.43 bits per heavy atom. The number of terminal acetylenes is 1. The Hall–Kier alpha value is -1.87. The van der Waals surface area contributed by atoms with Crippen molar-refractivity contribution in [3.63, 3.8) is 0 Å². The van der Waals surface area contributed by atoms with Gasteiger partial charge >= 0.3 is 23.5 Å². The van der Waals surface area contributed by atoms with Crippen LogP contribution in [0.15, 0.2) is 12.7 Å². The van der Waals surface area contributed by atoms with Gasteiger partial charge in [-0.1, -0.05) is 5.92 Å². The van der Waals surface area contributed by atoms with Crippen LogP contribution in [0, 0.1) is 12.3 Å². The Bertz CT molecular complexity index is 1310. The molecule has 0 amide bonds. The Morgan fingerprint density at radius 1 is 1.20 bits per heavy atom. The molecular formula is C13H17FN5O13P3. The van der Waals surface area contributed by atoms with Crippen molar-refractivity contribution in [2.75, 3.05) is 19.0 Å². The number of nitrogens with zero attached hydrogens (tertiary/aromatic N) is 4. The van der Waals surface area contributed by atoms with Gasteiger partial charge in [0.2, 0.25) is 0 Å². The lowest BCUT2D eigenvalue weighted by molar-refractivity contribution is -0.135. The van der Waals surface area contributed by atoms with E-state index in [1.807, 2.05) is 5.92 Å². The quantitative estimate of drug-likeness (QED) is 0.138. The zero-order valence-electron chi connectivity index (χ0n) is 16.9. The third-order valence-electron chi connectivity index (χ3n) is 4.62. The number of hydrogen-bond donors (Lipinski definition) is 7. The lowest BCUT2D eigenvalue weighted by Crippen LogP contribution is -2.53. The van der Waals surface area contributed by atoms with Crippen LogP contribution in [0.3, 0.4) is 0 Å². The molecule has 0 aromatic carbocycles. The van der Waals surface area contributed by atoms with Gasteiger partial charge in [-0.15, -0.1) is 6.42 Å². The fourth-order valence-corrected chi connectivity index (χ4v) is 6.20. The average molecular weight is 563 g/mol. The Morgan fingerprint density at radius 2 is 1.86 bits per heavy atom. The summed E-state index contributed by atoms with van der Waals surface area (Å²) in [5.41, 5.74) is 0.233. The molecule has 3 heterocycles. The van der Waals surface area contributed by atoms with Gasteiger partial charge in [0.1, 0.15) is 24.6 Å². The van der Waals surface area contributed by atoms with Crippen molar-refractivity contribution in [2.45, 2.75) is 23.5 Å². The first-order chi connectivity index (χ1) is 16.0. The van der Waals surface area contributed by atoms with Crippen LogP contribution in [-0.2, 0) is 31.6 Å². The van der Waals surface area contributed by atoms with E-state index in [-0.39, 0.29) is 17.0 Å². The van der Waals surface area contributed by atoms with Crippen molar-refractivity contribution >= 4 is 40.4 Å². The van der Waals surface area contributed by atoms with Crippen molar-refractivity contribution in [1.29, 1.82) is 0 Å². The summed E-state index contributed by atoms with van der Waals surface area (Å²) in [5, 5.41) is 21.6. The molecule has 194 valence electrons. The maximum atomic E-state index is 14.2. The molecule has 0 aliphatic carbocycles. The number of ether oxygens (including phenoxy) is 1. The highest BCUT2D eigenvalue weighted by Gasteiger charge is 2.65. The molecule has 8 N–H and O–H groups in total. The van der Waals surface area contributed by atoms with Gasteiger partial charge in [-0.25, -0.2) is 33.0 Å². The molecule has 18 nitrogen and oxygen atoms in total. The molecule has 1 aliphatic heterocycles. The second-order valence-electron chi connectivity index (χ2n) is 6.99. The summed E-state index contributed by atoms with van der Waals surface area (Å²) >= 11 is 0. The highest BCUT2D eigenvalue weighted by atomic mass is 31.3. The minimum absolute atomic E-state index is 0.0240. The van der Waals surface area contributed by atoms with Gasteiger partial charge in [-0.2, -0.15) is 8.62 Å². The predicted octanol–water partition coefficient (Wildman–Crippen LogP) is -1.29. The van der Waals surface area contributed by atoms with Gasteiger partial charge in [0, 0.05) is 0 Å². The number of alkyl halides is 1. The molecule has 2 aromatic heterocycles. The van der Waals surface area contributed by atoms with Crippen molar-refractivity contribution in [2.24, 2.45) is 0 Å². The Kier molecular flexibility index (Phi) is 7.30. The monoisotopic (exact) mass is 563 g/mol. The number of aromatic nitrogens is 4. The predicted molar refractivity (Wildman–Crippen MR) is 108 cm³/mol. The lowest BCUT2D eigenvalue weighted by Gasteiger charge is -2.30. The highest BCUT2D eigenvalue weighted by Crippen LogP contribution is 2.66. The van der Waals surface area contributed by atoms with E-state index in [2.05, 4.69) is 28.1 Å².